The highest BCUT2D eigenvalue weighted by molar-refractivity contribution is 5.93. The van der Waals surface area contributed by atoms with Crippen LogP contribution in [0.15, 0.2) is 35.6 Å². The van der Waals surface area contributed by atoms with Gasteiger partial charge in [-0.25, -0.2) is 0 Å². The van der Waals surface area contributed by atoms with Crippen LogP contribution in [0.3, 0.4) is 0 Å². The lowest BCUT2D eigenvalue weighted by Crippen LogP contribution is -2.19. The van der Waals surface area contributed by atoms with Crippen molar-refractivity contribution < 1.29 is 4.79 Å². The van der Waals surface area contributed by atoms with Crippen molar-refractivity contribution in [2.75, 3.05) is 7.05 Å². The Morgan fingerprint density at radius 3 is 2.42 bits per heavy atom. The van der Waals surface area contributed by atoms with Crippen LogP contribution in [0.5, 0.6) is 0 Å². The van der Waals surface area contributed by atoms with E-state index < -0.39 is 5.91 Å². The van der Waals surface area contributed by atoms with Crippen LogP contribution in [-0.4, -0.2) is 18.0 Å². The van der Waals surface area contributed by atoms with Crippen molar-refractivity contribution in [1.82, 2.24) is 5.01 Å². The van der Waals surface area contributed by atoms with E-state index in [1.54, 1.807) is 30.3 Å². The van der Waals surface area contributed by atoms with Crippen LogP contribution >= 0.6 is 0 Å². The van der Waals surface area contributed by atoms with E-state index in [1.165, 1.54) is 7.05 Å². The first kappa shape index (κ1) is 8.39. The Kier molecular flexibility index (Phi) is 2.53. The lowest BCUT2D eigenvalue weighted by Gasteiger charge is -2.05. The summed E-state index contributed by atoms with van der Waals surface area (Å²) < 4.78 is 0. The van der Waals surface area contributed by atoms with E-state index in [2.05, 4.69) is 5.29 Å². The summed E-state index contributed by atoms with van der Waals surface area (Å²) in [6, 6.07) is 8.51. The van der Waals surface area contributed by atoms with Crippen LogP contribution in [0.25, 0.3) is 0 Å². The summed E-state index contributed by atoms with van der Waals surface area (Å²) in [5, 5.41) is 3.26. The van der Waals surface area contributed by atoms with Gasteiger partial charge in [-0.15, -0.1) is 4.91 Å². The van der Waals surface area contributed by atoms with Gasteiger partial charge in [0.25, 0.3) is 5.91 Å². The minimum absolute atomic E-state index is 0.398. The summed E-state index contributed by atoms with van der Waals surface area (Å²) in [6.07, 6.45) is 0. The predicted molar refractivity (Wildman–Crippen MR) is 44.3 cm³/mol. The van der Waals surface area contributed by atoms with Gasteiger partial charge in [0.15, 0.2) is 0 Å². The van der Waals surface area contributed by atoms with Crippen molar-refractivity contribution >= 4 is 5.91 Å². The van der Waals surface area contributed by atoms with Crippen molar-refractivity contribution in [3.63, 3.8) is 0 Å². The van der Waals surface area contributed by atoms with E-state index in [4.69, 9.17) is 0 Å². The molecule has 0 aromatic heterocycles. The number of nitrogens with zero attached hydrogens (tertiary/aromatic N) is 2. The van der Waals surface area contributed by atoms with Crippen LogP contribution in [0.4, 0.5) is 0 Å². The third-order valence-corrected chi connectivity index (χ3v) is 1.44. The molecule has 1 rings (SSSR count). The lowest BCUT2D eigenvalue weighted by molar-refractivity contribution is 0.0797. The molecule has 0 atom stereocenters. The van der Waals surface area contributed by atoms with Gasteiger partial charge in [0.2, 0.25) is 0 Å². The molecule has 0 saturated carbocycles. The molecule has 0 aliphatic carbocycles. The van der Waals surface area contributed by atoms with Crippen LogP contribution in [-0.2, 0) is 0 Å². The molecular weight excluding hydrogens is 156 g/mol. The Morgan fingerprint density at radius 1 is 1.33 bits per heavy atom. The summed E-state index contributed by atoms with van der Waals surface area (Å²) in [5.41, 5.74) is 0.458. The molecule has 12 heavy (non-hydrogen) atoms. The largest absolute Gasteiger partial charge is 0.276 e. The standard InChI is InChI=1S/C8H8N2O2/c1-10(9-12)8(11)7-5-3-2-4-6-7/h2-6H,1H3. The fourth-order valence-electron chi connectivity index (χ4n) is 0.805. The van der Waals surface area contributed by atoms with Crippen molar-refractivity contribution in [3.05, 3.63) is 40.8 Å². The van der Waals surface area contributed by atoms with Gasteiger partial charge < -0.3 is 0 Å². The second kappa shape index (κ2) is 3.61. The SMILES string of the molecule is CN(N=O)C(=O)c1ccccc1. The minimum Gasteiger partial charge on any atom is -0.267 e. The second-order valence-electron chi connectivity index (χ2n) is 2.28. The monoisotopic (exact) mass is 164 g/mol. The highest BCUT2D eigenvalue weighted by Gasteiger charge is 2.09. The van der Waals surface area contributed by atoms with Crippen molar-refractivity contribution in [2.45, 2.75) is 0 Å². The van der Waals surface area contributed by atoms with Gasteiger partial charge >= 0.3 is 0 Å². The highest BCUT2D eigenvalue weighted by atomic mass is 16.3. The third kappa shape index (κ3) is 1.66. The fourth-order valence-corrected chi connectivity index (χ4v) is 0.805. The summed E-state index contributed by atoms with van der Waals surface area (Å²) in [4.78, 5) is 21.2. The van der Waals surface area contributed by atoms with Gasteiger partial charge in [0.05, 0.1) is 5.29 Å². The molecule has 0 aliphatic heterocycles. The van der Waals surface area contributed by atoms with Crippen molar-refractivity contribution in [2.24, 2.45) is 5.29 Å². The van der Waals surface area contributed by atoms with Crippen LogP contribution in [0.2, 0.25) is 0 Å². The molecule has 0 N–H and O–H groups in total. The Hall–Kier alpha value is -1.71. The Bertz CT molecular complexity index is 284. The first-order valence-electron chi connectivity index (χ1n) is 3.42. The molecule has 0 unspecified atom stereocenters. The Balaban J connectivity index is 2.85. The molecule has 0 radical (unpaired) electrons. The number of hydrogen-bond acceptors (Lipinski definition) is 3. The van der Waals surface area contributed by atoms with Crippen LogP contribution in [0.1, 0.15) is 10.4 Å². The smallest absolute Gasteiger partial charge is 0.267 e. The molecule has 4 nitrogen and oxygen atoms in total. The van der Waals surface area contributed by atoms with E-state index in [9.17, 15) is 9.70 Å². The lowest BCUT2D eigenvalue weighted by atomic mass is 10.2. The number of rotatable bonds is 2. The maximum absolute atomic E-state index is 11.2. The van der Waals surface area contributed by atoms with E-state index in [-0.39, 0.29) is 0 Å². The summed E-state index contributed by atoms with van der Waals surface area (Å²) in [6.45, 7) is 0. The topological polar surface area (TPSA) is 49.7 Å². The van der Waals surface area contributed by atoms with Gasteiger partial charge in [-0.05, 0) is 12.1 Å². The van der Waals surface area contributed by atoms with E-state index >= 15 is 0 Å². The summed E-state index contributed by atoms with van der Waals surface area (Å²) in [7, 11) is 1.32. The number of nitroso groups, excluding NO2 is 1. The van der Waals surface area contributed by atoms with Gasteiger partial charge in [-0.1, -0.05) is 18.2 Å². The minimum atomic E-state index is -0.398. The Morgan fingerprint density at radius 2 is 1.92 bits per heavy atom. The van der Waals surface area contributed by atoms with Gasteiger partial charge in [-0.3, -0.25) is 4.79 Å². The number of hydrogen-bond donors (Lipinski definition) is 0. The molecule has 0 bridgehead atoms. The molecule has 0 aliphatic rings. The fraction of sp³-hybridized carbons (Fsp3) is 0.125. The molecule has 0 spiro atoms. The number of carbonyl (C=O) groups is 1. The highest BCUT2D eigenvalue weighted by Crippen LogP contribution is 2.02. The first-order valence-corrected chi connectivity index (χ1v) is 3.42. The average molecular weight is 164 g/mol. The second-order valence-corrected chi connectivity index (χ2v) is 2.28. The molecule has 0 fully saturated rings. The zero-order valence-electron chi connectivity index (χ0n) is 6.60. The van der Waals surface area contributed by atoms with E-state index in [0.717, 1.165) is 5.01 Å². The van der Waals surface area contributed by atoms with Crippen LogP contribution in [0, 0.1) is 4.91 Å². The van der Waals surface area contributed by atoms with E-state index in [0.29, 0.717) is 5.56 Å². The quantitative estimate of drug-likeness (QED) is 0.490. The molecule has 1 amide bonds. The molecule has 1 aromatic rings. The molecule has 0 heterocycles. The van der Waals surface area contributed by atoms with Gasteiger partial charge in [-0.2, -0.15) is 5.01 Å². The maximum atomic E-state index is 11.2. The third-order valence-electron chi connectivity index (χ3n) is 1.44. The molecule has 4 heteroatoms. The number of amides is 1. The average Bonchev–Trinajstić information content (AvgIpc) is 2.17. The van der Waals surface area contributed by atoms with E-state index in [1.807, 2.05) is 0 Å². The van der Waals surface area contributed by atoms with Crippen molar-refractivity contribution in [3.8, 4) is 0 Å². The normalized spacial score (nSPS) is 9.08. The number of benzene rings is 1. The van der Waals surface area contributed by atoms with Crippen molar-refractivity contribution in [1.29, 1.82) is 0 Å². The van der Waals surface area contributed by atoms with Gasteiger partial charge in [0, 0.05) is 12.6 Å². The zero-order chi connectivity index (χ0) is 8.97. The zero-order valence-corrected chi connectivity index (χ0v) is 6.60. The Labute approximate surface area is 69.7 Å². The summed E-state index contributed by atoms with van der Waals surface area (Å²) >= 11 is 0. The van der Waals surface area contributed by atoms with Gasteiger partial charge in [0.1, 0.15) is 0 Å². The summed E-state index contributed by atoms with van der Waals surface area (Å²) in [5.74, 6) is -0.398. The molecule has 62 valence electrons. The maximum Gasteiger partial charge on any atom is 0.276 e. The number of carbonyl (C=O) groups excluding carboxylic acids is 1. The van der Waals surface area contributed by atoms with Crippen LogP contribution < -0.4 is 0 Å². The molecular formula is C8H8N2O2. The predicted octanol–water partition coefficient (Wildman–Crippen LogP) is 1.44. The molecule has 0 saturated heterocycles. The molecule has 1 aromatic carbocycles. The first-order chi connectivity index (χ1) is 5.75.